The number of rotatable bonds is 6. The summed E-state index contributed by atoms with van der Waals surface area (Å²) in [5.74, 6) is 0.815. The molecule has 1 saturated heterocycles. The standard InChI is InChI=1S/C19H29ClN4O2.HI/c1-3-26-19(25)24-13-10-17(11-14-24)23-18(21-2)22-12-4-5-15-6-8-16(20)9-7-15;/h6-9,17H,3-5,10-14H2,1-2H3,(H2,21,22,23);1H. The number of carbonyl (C=O) groups excluding carboxylic acids is 1. The van der Waals surface area contributed by atoms with E-state index in [2.05, 4.69) is 27.8 Å². The Kier molecular flexibility index (Phi) is 11.5. The minimum atomic E-state index is -0.212. The van der Waals surface area contributed by atoms with Gasteiger partial charge in [0.1, 0.15) is 0 Å². The SMILES string of the molecule is CCOC(=O)N1CCC(NC(=NC)NCCCc2ccc(Cl)cc2)CC1.I. The van der Waals surface area contributed by atoms with Crippen molar-refractivity contribution < 1.29 is 9.53 Å². The number of carbonyl (C=O) groups is 1. The smallest absolute Gasteiger partial charge is 0.409 e. The highest BCUT2D eigenvalue weighted by molar-refractivity contribution is 14.0. The first kappa shape index (κ1) is 23.8. The van der Waals surface area contributed by atoms with E-state index < -0.39 is 0 Å². The van der Waals surface area contributed by atoms with Crippen molar-refractivity contribution in [2.45, 2.75) is 38.6 Å². The Morgan fingerprint density at radius 1 is 1.30 bits per heavy atom. The van der Waals surface area contributed by atoms with Crippen molar-refractivity contribution in [1.29, 1.82) is 0 Å². The molecule has 0 aromatic heterocycles. The molecule has 1 aliphatic heterocycles. The van der Waals surface area contributed by atoms with Crippen molar-refractivity contribution in [3.63, 3.8) is 0 Å². The maximum atomic E-state index is 11.7. The minimum Gasteiger partial charge on any atom is -0.450 e. The Morgan fingerprint density at radius 2 is 1.96 bits per heavy atom. The van der Waals surface area contributed by atoms with Gasteiger partial charge in [0.25, 0.3) is 0 Å². The molecule has 0 bridgehead atoms. The summed E-state index contributed by atoms with van der Waals surface area (Å²) in [5, 5.41) is 7.58. The summed E-state index contributed by atoms with van der Waals surface area (Å²) in [6.45, 7) is 4.52. The second-order valence-electron chi connectivity index (χ2n) is 6.33. The average Bonchev–Trinajstić information content (AvgIpc) is 2.66. The van der Waals surface area contributed by atoms with Gasteiger partial charge in [-0.1, -0.05) is 23.7 Å². The highest BCUT2D eigenvalue weighted by Crippen LogP contribution is 2.12. The topological polar surface area (TPSA) is 66.0 Å². The molecule has 1 aliphatic rings. The zero-order chi connectivity index (χ0) is 18.8. The van der Waals surface area contributed by atoms with E-state index in [1.165, 1.54) is 5.56 Å². The molecule has 0 spiro atoms. The van der Waals surface area contributed by atoms with Crippen LogP contribution in [-0.2, 0) is 11.2 Å². The molecule has 2 rings (SSSR count). The number of amides is 1. The Balaban J connectivity index is 0.00000364. The first-order valence-corrected chi connectivity index (χ1v) is 9.63. The summed E-state index contributed by atoms with van der Waals surface area (Å²) in [4.78, 5) is 17.8. The maximum absolute atomic E-state index is 11.7. The molecule has 6 nitrogen and oxygen atoms in total. The average molecular weight is 509 g/mol. The first-order chi connectivity index (χ1) is 12.6. The molecule has 27 heavy (non-hydrogen) atoms. The number of likely N-dealkylation sites (tertiary alicyclic amines) is 1. The number of hydrogen-bond donors (Lipinski definition) is 2. The van der Waals surface area contributed by atoms with Crippen LogP contribution in [0.4, 0.5) is 4.79 Å². The van der Waals surface area contributed by atoms with Crippen LogP contribution < -0.4 is 10.6 Å². The van der Waals surface area contributed by atoms with E-state index in [9.17, 15) is 4.79 Å². The van der Waals surface area contributed by atoms with Crippen LogP contribution in [0.3, 0.4) is 0 Å². The fourth-order valence-electron chi connectivity index (χ4n) is 2.96. The summed E-state index contributed by atoms with van der Waals surface area (Å²) < 4.78 is 5.05. The Labute approximate surface area is 184 Å². The molecule has 8 heteroatoms. The zero-order valence-corrected chi connectivity index (χ0v) is 19.1. The number of aliphatic imine (C=N–C) groups is 1. The monoisotopic (exact) mass is 508 g/mol. The van der Waals surface area contributed by atoms with Gasteiger partial charge in [-0.05, 0) is 50.3 Å². The molecule has 0 radical (unpaired) electrons. The largest absolute Gasteiger partial charge is 0.450 e. The predicted octanol–water partition coefficient (Wildman–Crippen LogP) is 3.68. The summed E-state index contributed by atoms with van der Waals surface area (Å²) in [6, 6.07) is 8.29. The van der Waals surface area contributed by atoms with Crippen LogP contribution in [0.15, 0.2) is 29.3 Å². The second kappa shape index (κ2) is 13.0. The van der Waals surface area contributed by atoms with E-state index in [0.29, 0.717) is 25.7 Å². The third-order valence-corrected chi connectivity index (χ3v) is 4.69. The lowest BCUT2D eigenvalue weighted by molar-refractivity contribution is 0.0963. The Hall–Kier alpha value is -1.22. The van der Waals surface area contributed by atoms with Crippen LogP contribution in [0.1, 0.15) is 31.7 Å². The van der Waals surface area contributed by atoms with Gasteiger partial charge in [0.2, 0.25) is 0 Å². The van der Waals surface area contributed by atoms with Crippen LogP contribution in [0.2, 0.25) is 5.02 Å². The van der Waals surface area contributed by atoms with Crippen LogP contribution in [-0.4, -0.2) is 56.3 Å². The van der Waals surface area contributed by atoms with Gasteiger partial charge in [-0.2, -0.15) is 0 Å². The zero-order valence-electron chi connectivity index (χ0n) is 16.0. The van der Waals surface area contributed by atoms with Crippen molar-refractivity contribution in [3.05, 3.63) is 34.9 Å². The predicted molar refractivity (Wildman–Crippen MR) is 121 cm³/mol. The van der Waals surface area contributed by atoms with Gasteiger partial charge >= 0.3 is 6.09 Å². The summed E-state index contributed by atoms with van der Waals surface area (Å²) >= 11 is 5.90. The van der Waals surface area contributed by atoms with Gasteiger partial charge in [-0.3, -0.25) is 4.99 Å². The molecule has 1 amide bonds. The van der Waals surface area contributed by atoms with E-state index in [1.807, 2.05) is 19.1 Å². The van der Waals surface area contributed by atoms with Gasteiger partial charge in [0.15, 0.2) is 5.96 Å². The van der Waals surface area contributed by atoms with E-state index in [0.717, 1.165) is 43.2 Å². The maximum Gasteiger partial charge on any atom is 0.409 e. The number of hydrogen-bond acceptors (Lipinski definition) is 3. The van der Waals surface area contributed by atoms with Gasteiger partial charge in [0.05, 0.1) is 6.61 Å². The molecule has 1 heterocycles. The van der Waals surface area contributed by atoms with Crippen LogP contribution in [0, 0.1) is 0 Å². The number of benzene rings is 1. The quantitative estimate of drug-likeness (QED) is 0.266. The van der Waals surface area contributed by atoms with Crippen LogP contribution in [0.5, 0.6) is 0 Å². The number of ether oxygens (including phenoxy) is 1. The lowest BCUT2D eigenvalue weighted by Gasteiger charge is -2.32. The molecule has 0 unspecified atom stereocenters. The Bertz CT molecular complexity index is 590. The van der Waals surface area contributed by atoms with Crippen molar-refractivity contribution in [3.8, 4) is 0 Å². The summed E-state index contributed by atoms with van der Waals surface area (Å²) in [5.41, 5.74) is 1.28. The molecular weight excluding hydrogens is 479 g/mol. The second-order valence-corrected chi connectivity index (χ2v) is 6.77. The highest BCUT2D eigenvalue weighted by Gasteiger charge is 2.23. The lowest BCUT2D eigenvalue weighted by Crippen LogP contribution is -2.50. The van der Waals surface area contributed by atoms with Gasteiger partial charge in [-0.25, -0.2) is 4.79 Å². The molecule has 2 N–H and O–H groups in total. The summed E-state index contributed by atoms with van der Waals surface area (Å²) in [6.07, 6.45) is 3.59. The highest BCUT2D eigenvalue weighted by atomic mass is 127. The van der Waals surface area contributed by atoms with E-state index in [4.69, 9.17) is 16.3 Å². The van der Waals surface area contributed by atoms with Gasteiger partial charge in [0, 0.05) is 37.7 Å². The molecule has 1 fully saturated rings. The molecule has 0 atom stereocenters. The number of nitrogens with zero attached hydrogens (tertiary/aromatic N) is 2. The lowest BCUT2D eigenvalue weighted by atomic mass is 10.1. The fourth-order valence-corrected chi connectivity index (χ4v) is 3.09. The van der Waals surface area contributed by atoms with E-state index in [-0.39, 0.29) is 30.1 Å². The first-order valence-electron chi connectivity index (χ1n) is 9.25. The number of piperidine rings is 1. The number of nitrogens with one attached hydrogen (secondary N) is 2. The molecule has 0 saturated carbocycles. The van der Waals surface area contributed by atoms with Crippen molar-refractivity contribution >= 4 is 47.6 Å². The molecule has 1 aromatic rings. The summed E-state index contributed by atoms with van der Waals surface area (Å²) in [7, 11) is 1.78. The normalized spacial score (nSPS) is 15.1. The van der Waals surface area contributed by atoms with Crippen molar-refractivity contribution in [2.75, 3.05) is 33.3 Å². The van der Waals surface area contributed by atoms with Crippen molar-refractivity contribution in [2.24, 2.45) is 4.99 Å². The van der Waals surface area contributed by atoms with Crippen LogP contribution >= 0.6 is 35.6 Å². The van der Waals surface area contributed by atoms with E-state index in [1.54, 1.807) is 11.9 Å². The molecule has 152 valence electrons. The number of guanidine groups is 1. The van der Waals surface area contributed by atoms with Crippen molar-refractivity contribution in [1.82, 2.24) is 15.5 Å². The van der Waals surface area contributed by atoms with Crippen LogP contribution in [0.25, 0.3) is 0 Å². The van der Waals surface area contributed by atoms with Gasteiger partial charge < -0.3 is 20.3 Å². The molecule has 0 aliphatic carbocycles. The minimum absolute atomic E-state index is 0. The van der Waals surface area contributed by atoms with Gasteiger partial charge in [-0.15, -0.1) is 24.0 Å². The third-order valence-electron chi connectivity index (χ3n) is 4.43. The molecular formula is C19H30ClIN4O2. The Morgan fingerprint density at radius 3 is 2.56 bits per heavy atom. The third kappa shape index (κ3) is 8.55. The number of aryl methyl sites for hydroxylation is 1. The molecule has 1 aromatic carbocycles. The number of halogens is 2. The van der Waals surface area contributed by atoms with E-state index >= 15 is 0 Å². The fraction of sp³-hybridized carbons (Fsp3) is 0.579.